The van der Waals surface area contributed by atoms with Crippen LogP contribution in [0.25, 0.3) is 0 Å². The summed E-state index contributed by atoms with van der Waals surface area (Å²) in [4.78, 5) is 16.0. The van der Waals surface area contributed by atoms with E-state index in [9.17, 15) is 4.79 Å². The topological polar surface area (TPSA) is 33.5 Å². The van der Waals surface area contributed by atoms with Crippen LogP contribution in [0.3, 0.4) is 0 Å². The van der Waals surface area contributed by atoms with Crippen molar-refractivity contribution in [3.63, 3.8) is 0 Å². The molecular weight excluding hydrogens is 306 g/mol. The highest BCUT2D eigenvalue weighted by atomic mass is 32.1. The fourth-order valence-corrected chi connectivity index (χ4v) is 3.41. The van der Waals surface area contributed by atoms with Gasteiger partial charge in [0.1, 0.15) is 0 Å². The van der Waals surface area contributed by atoms with E-state index in [4.69, 9.17) is 4.42 Å². The van der Waals surface area contributed by atoms with Crippen LogP contribution in [-0.2, 0) is 13.0 Å². The molecule has 23 heavy (non-hydrogen) atoms. The van der Waals surface area contributed by atoms with Crippen LogP contribution in [0.5, 0.6) is 0 Å². The first-order valence-electron chi connectivity index (χ1n) is 7.65. The van der Waals surface area contributed by atoms with Crippen molar-refractivity contribution in [2.45, 2.75) is 25.9 Å². The number of furan rings is 1. The maximum Gasteiger partial charge on any atom is 0.290 e. The molecule has 4 heteroatoms. The molecule has 0 aliphatic rings. The van der Waals surface area contributed by atoms with Gasteiger partial charge in [-0.2, -0.15) is 0 Å². The molecule has 1 atom stereocenters. The third kappa shape index (κ3) is 3.90. The molecule has 2 aromatic heterocycles. The molecule has 0 saturated heterocycles. The monoisotopic (exact) mass is 325 g/mol. The van der Waals surface area contributed by atoms with Gasteiger partial charge in [0, 0.05) is 23.9 Å². The normalized spacial score (nSPS) is 12.0. The number of amides is 1. The molecule has 0 bridgehead atoms. The quantitative estimate of drug-likeness (QED) is 0.663. The third-order valence-electron chi connectivity index (χ3n) is 3.80. The Morgan fingerprint density at radius 1 is 1.13 bits per heavy atom. The van der Waals surface area contributed by atoms with E-state index in [1.165, 1.54) is 11.1 Å². The van der Waals surface area contributed by atoms with Crippen molar-refractivity contribution in [1.82, 2.24) is 4.90 Å². The minimum absolute atomic E-state index is 0.0668. The van der Waals surface area contributed by atoms with E-state index in [1.54, 1.807) is 23.5 Å². The Hall–Kier alpha value is -2.33. The zero-order chi connectivity index (χ0) is 16.1. The Labute approximate surface area is 140 Å². The van der Waals surface area contributed by atoms with Crippen LogP contribution in [-0.4, -0.2) is 16.8 Å². The molecule has 0 spiro atoms. The highest BCUT2D eigenvalue weighted by Crippen LogP contribution is 2.19. The van der Waals surface area contributed by atoms with Crippen LogP contribution in [0, 0.1) is 0 Å². The smallest absolute Gasteiger partial charge is 0.290 e. The summed E-state index contributed by atoms with van der Waals surface area (Å²) in [5.41, 5.74) is 1.12. The maximum atomic E-state index is 12.8. The van der Waals surface area contributed by atoms with Gasteiger partial charge in [-0.05, 0) is 36.1 Å². The van der Waals surface area contributed by atoms with Crippen LogP contribution in [0.15, 0.2) is 70.7 Å². The van der Waals surface area contributed by atoms with Crippen LogP contribution in [0.2, 0.25) is 0 Å². The van der Waals surface area contributed by atoms with Gasteiger partial charge >= 0.3 is 0 Å². The summed E-state index contributed by atoms with van der Waals surface area (Å²) in [5, 5.41) is 2.07. The van der Waals surface area contributed by atoms with Gasteiger partial charge in [-0.1, -0.05) is 36.4 Å². The van der Waals surface area contributed by atoms with Gasteiger partial charge in [0.25, 0.3) is 5.91 Å². The number of nitrogens with zero attached hydrogens (tertiary/aromatic N) is 1. The average molecular weight is 325 g/mol. The second kappa shape index (κ2) is 7.29. The Morgan fingerprint density at radius 2 is 1.96 bits per heavy atom. The van der Waals surface area contributed by atoms with Crippen molar-refractivity contribution in [2.75, 3.05) is 0 Å². The zero-order valence-corrected chi connectivity index (χ0v) is 13.8. The number of hydrogen-bond acceptors (Lipinski definition) is 3. The summed E-state index contributed by atoms with van der Waals surface area (Å²) >= 11 is 1.72. The molecule has 0 aliphatic heterocycles. The SMILES string of the molecule is CC(Cc1cccs1)N(Cc1ccccc1)C(=O)c1ccco1. The van der Waals surface area contributed by atoms with Crippen molar-refractivity contribution in [3.8, 4) is 0 Å². The van der Waals surface area contributed by atoms with Crippen LogP contribution in [0.1, 0.15) is 27.9 Å². The Kier molecular flexibility index (Phi) is 4.93. The molecule has 1 amide bonds. The second-order valence-corrected chi connectivity index (χ2v) is 6.56. The van der Waals surface area contributed by atoms with Crippen LogP contribution in [0.4, 0.5) is 0 Å². The number of hydrogen-bond donors (Lipinski definition) is 0. The lowest BCUT2D eigenvalue weighted by Gasteiger charge is -2.28. The number of benzene rings is 1. The average Bonchev–Trinajstić information content (AvgIpc) is 3.26. The molecule has 1 unspecified atom stereocenters. The fourth-order valence-electron chi connectivity index (χ4n) is 2.58. The van der Waals surface area contributed by atoms with E-state index in [0.717, 1.165) is 12.0 Å². The molecule has 2 heterocycles. The first-order chi connectivity index (χ1) is 11.2. The lowest BCUT2D eigenvalue weighted by atomic mass is 10.1. The lowest BCUT2D eigenvalue weighted by molar-refractivity contribution is 0.0643. The molecule has 118 valence electrons. The van der Waals surface area contributed by atoms with Crippen molar-refractivity contribution < 1.29 is 9.21 Å². The number of carbonyl (C=O) groups is 1. The highest BCUT2D eigenvalue weighted by Gasteiger charge is 2.24. The molecule has 0 radical (unpaired) electrons. The van der Waals surface area contributed by atoms with Gasteiger partial charge < -0.3 is 9.32 Å². The van der Waals surface area contributed by atoms with E-state index >= 15 is 0 Å². The number of rotatable bonds is 6. The third-order valence-corrected chi connectivity index (χ3v) is 4.70. The van der Waals surface area contributed by atoms with Gasteiger partial charge in [-0.25, -0.2) is 0 Å². The van der Waals surface area contributed by atoms with E-state index in [2.05, 4.69) is 18.4 Å². The minimum atomic E-state index is -0.0668. The Bertz CT molecular complexity index is 720. The summed E-state index contributed by atoms with van der Waals surface area (Å²) in [6, 6.07) is 17.8. The fraction of sp³-hybridized carbons (Fsp3) is 0.211. The van der Waals surface area contributed by atoms with Gasteiger partial charge in [-0.15, -0.1) is 11.3 Å². The molecule has 0 aliphatic carbocycles. The van der Waals surface area contributed by atoms with Gasteiger partial charge in [0.05, 0.1) is 6.26 Å². The van der Waals surface area contributed by atoms with E-state index in [-0.39, 0.29) is 11.9 Å². The van der Waals surface area contributed by atoms with E-state index in [1.807, 2.05) is 41.3 Å². The maximum absolute atomic E-state index is 12.8. The lowest BCUT2D eigenvalue weighted by Crippen LogP contribution is -2.39. The standard InChI is InChI=1S/C19H19NO2S/c1-15(13-17-9-6-12-23-17)20(14-16-7-3-2-4-8-16)19(21)18-10-5-11-22-18/h2-12,15H,13-14H2,1H3. The predicted octanol–water partition coefficient (Wildman–Crippen LogP) is 4.61. The Balaban J connectivity index is 1.81. The first kappa shape index (κ1) is 15.6. The second-order valence-electron chi connectivity index (χ2n) is 5.53. The molecule has 0 fully saturated rings. The zero-order valence-electron chi connectivity index (χ0n) is 13.0. The van der Waals surface area contributed by atoms with Crippen molar-refractivity contribution in [3.05, 3.63) is 82.4 Å². The molecular formula is C19H19NO2S. The Morgan fingerprint density at radius 3 is 2.61 bits per heavy atom. The number of carbonyl (C=O) groups excluding carboxylic acids is 1. The minimum Gasteiger partial charge on any atom is -0.459 e. The number of thiophene rings is 1. The molecule has 1 aromatic carbocycles. The summed E-state index contributed by atoms with van der Waals surface area (Å²) in [7, 11) is 0. The molecule has 3 nitrogen and oxygen atoms in total. The largest absolute Gasteiger partial charge is 0.459 e. The van der Waals surface area contributed by atoms with Crippen molar-refractivity contribution >= 4 is 17.2 Å². The predicted molar refractivity (Wildman–Crippen MR) is 92.5 cm³/mol. The van der Waals surface area contributed by atoms with Crippen LogP contribution < -0.4 is 0 Å². The van der Waals surface area contributed by atoms with E-state index in [0.29, 0.717) is 12.3 Å². The van der Waals surface area contributed by atoms with E-state index < -0.39 is 0 Å². The van der Waals surface area contributed by atoms with Gasteiger partial charge in [-0.3, -0.25) is 4.79 Å². The van der Waals surface area contributed by atoms with Crippen molar-refractivity contribution in [2.24, 2.45) is 0 Å². The molecule has 3 rings (SSSR count). The molecule has 0 saturated carbocycles. The molecule has 3 aromatic rings. The van der Waals surface area contributed by atoms with Crippen molar-refractivity contribution in [1.29, 1.82) is 0 Å². The van der Waals surface area contributed by atoms with Gasteiger partial charge in [0.15, 0.2) is 5.76 Å². The first-order valence-corrected chi connectivity index (χ1v) is 8.53. The van der Waals surface area contributed by atoms with Crippen LogP contribution >= 0.6 is 11.3 Å². The summed E-state index contributed by atoms with van der Waals surface area (Å²) in [5.74, 6) is 0.321. The highest BCUT2D eigenvalue weighted by molar-refractivity contribution is 7.09. The summed E-state index contributed by atoms with van der Waals surface area (Å²) < 4.78 is 5.31. The van der Waals surface area contributed by atoms with Gasteiger partial charge in [0.2, 0.25) is 0 Å². The molecule has 0 N–H and O–H groups in total. The summed E-state index contributed by atoms with van der Waals surface area (Å²) in [6.45, 7) is 2.66. The summed E-state index contributed by atoms with van der Waals surface area (Å²) in [6.07, 6.45) is 2.38.